The van der Waals surface area contributed by atoms with Crippen molar-refractivity contribution in [1.82, 2.24) is 0 Å². The standard InChI is InChI=1S/C21H20F2N2O2/c1-21(2)10-15(8-16(11-21)17(12-24)13-25)5-4-14-6-7-18(27-20(22)23)19(9-14)26-3/h4-9,20H,10-11H2,1-3H3/b5-4+. The van der Waals surface area contributed by atoms with E-state index >= 15 is 0 Å². The fourth-order valence-electron chi connectivity index (χ4n) is 3.08. The summed E-state index contributed by atoms with van der Waals surface area (Å²) in [6.45, 7) is 1.24. The van der Waals surface area contributed by atoms with Crippen molar-refractivity contribution in [3.05, 3.63) is 52.6 Å². The summed E-state index contributed by atoms with van der Waals surface area (Å²) < 4.78 is 34.3. The largest absolute Gasteiger partial charge is 0.493 e. The quantitative estimate of drug-likeness (QED) is 0.651. The van der Waals surface area contributed by atoms with Crippen LogP contribution in [0, 0.1) is 28.1 Å². The molecule has 1 aliphatic rings. The molecule has 0 bridgehead atoms. The van der Waals surface area contributed by atoms with Gasteiger partial charge >= 0.3 is 6.61 Å². The van der Waals surface area contributed by atoms with E-state index in [2.05, 4.69) is 18.6 Å². The van der Waals surface area contributed by atoms with Crippen LogP contribution in [0.3, 0.4) is 0 Å². The average Bonchev–Trinajstić information content (AvgIpc) is 2.60. The number of allylic oxidation sites excluding steroid dienone is 5. The van der Waals surface area contributed by atoms with Gasteiger partial charge in [-0.05, 0) is 47.1 Å². The van der Waals surface area contributed by atoms with Crippen molar-refractivity contribution in [2.75, 3.05) is 7.11 Å². The highest BCUT2D eigenvalue weighted by Gasteiger charge is 2.26. The van der Waals surface area contributed by atoms with Crippen LogP contribution in [-0.2, 0) is 0 Å². The minimum atomic E-state index is -2.92. The zero-order valence-corrected chi connectivity index (χ0v) is 15.4. The summed E-state index contributed by atoms with van der Waals surface area (Å²) in [6, 6.07) is 8.58. The number of hydrogen-bond acceptors (Lipinski definition) is 4. The lowest BCUT2D eigenvalue weighted by Crippen LogP contribution is -2.17. The van der Waals surface area contributed by atoms with Crippen LogP contribution < -0.4 is 9.47 Å². The third kappa shape index (κ3) is 5.43. The maximum absolute atomic E-state index is 12.4. The van der Waals surface area contributed by atoms with E-state index in [1.54, 1.807) is 12.1 Å². The first-order valence-corrected chi connectivity index (χ1v) is 8.33. The molecule has 0 atom stereocenters. The van der Waals surface area contributed by atoms with Crippen molar-refractivity contribution >= 4 is 6.08 Å². The van der Waals surface area contributed by atoms with Gasteiger partial charge in [0.05, 0.1) is 7.11 Å². The number of nitrogens with zero attached hydrogens (tertiary/aromatic N) is 2. The van der Waals surface area contributed by atoms with Crippen molar-refractivity contribution in [1.29, 1.82) is 10.5 Å². The highest BCUT2D eigenvalue weighted by atomic mass is 19.3. The Morgan fingerprint density at radius 3 is 2.44 bits per heavy atom. The predicted octanol–water partition coefficient (Wildman–Crippen LogP) is 5.40. The summed E-state index contributed by atoms with van der Waals surface area (Å²) in [6.07, 6.45) is 7.05. The summed E-state index contributed by atoms with van der Waals surface area (Å²) in [5.41, 5.74) is 2.52. The second-order valence-corrected chi connectivity index (χ2v) is 6.98. The summed E-state index contributed by atoms with van der Waals surface area (Å²) in [7, 11) is 1.38. The van der Waals surface area contributed by atoms with Crippen LogP contribution in [0.1, 0.15) is 32.3 Å². The summed E-state index contributed by atoms with van der Waals surface area (Å²) >= 11 is 0. The molecule has 1 aromatic carbocycles. The molecule has 0 aliphatic heterocycles. The van der Waals surface area contributed by atoms with E-state index in [1.807, 2.05) is 30.4 Å². The third-order valence-corrected chi connectivity index (χ3v) is 4.15. The van der Waals surface area contributed by atoms with Crippen LogP contribution in [0.5, 0.6) is 11.5 Å². The zero-order chi connectivity index (χ0) is 20.0. The molecule has 0 N–H and O–H groups in total. The Morgan fingerprint density at radius 1 is 1.15 bits per heavy atom. The second-order valence-electron chi connectivity index (χ2n) is 6.98. The number of hydrogen-bond donors (Lipinski definition) is 0. The number of methoxy groups -OCH3 is 1. The molecule has 1 aliphatic carbocycles. The first kappa shape index (κ1) is 20.2. The third-order valence-electron chi connectivity index (χ3n) is 4.15. The van der Waals surface area contributed by atoms with Gasteiger partial charge in [0.25, 0.3) is 0 Å². The molecule has 0 saturated heterocycles. The normalized spacial score (nSPS) is 15.9. The van der Waals surface area contributed by atoms with E-state index in [-0.39, 0.29) is 22.5 Å². The van der Waals surface area contributed by atoms with Crippen molar-refractivity contribution in [2.45, 2.75) is 33.3 Å². The molecule has 1 aromatic rings. The van der Waals surface area contributed by atoms with Crippen molar-refractivity contribution in [3.8, 4) is 23.6 Å². The minimum Gasteiger partial charge on any atom is -0.493 e. The fourth-order valence-corrected chi connectivity index (χ4v) is 3.08. The summed E-state index contributed by atoms with van der Waals surface area (Å²) in [5.74, 6) is 0.188. The van der Waals surface area contributed by atoms with Gasteiger partial charge in [0.2, 0.25) is 0 Å². The van der Waals surface area contributed by atoms with Gasteiger partial charge in [0.1, 0.15) is 17.7 Å². The van der Waals surface area contributed by atoms with Gasteiger partial charge in [0, 0.05) is 0 Å². The molecule has 0 aromatic heterocycles. The van der Waals surface area contributed by atoms with Gasteiger partial charge in [-0.2, -0.15) is 19.3 Å². The molecule has 0 fully saturated rings. The Hall–Kier alpha value is -3.12. The van der Waals surface area contributed by atoms with Gasteiger partial charge in [-0.1, -0.05) is 38.1 Å². The van der Waals surface area contributed by atoms with E-state index in [0.29, 0.717) is 6.42 Å². The molecule has 0 saturated carbocycles. The lowest BCUT2D eigenvalue weighted by atomic mass is 9.74. The molecule has 0 amide bonds. The van der Waals surface area contributed by atoms with Crippen LogP contribution in [0.4, 0.5) is 8.78 Å². The van der Waals surface area contributed by atoms with Crippen molar-refractivity contribution < 1.29 is 18.3 Å². The molecule has 0 unspecified atom stereocenters. The molecule has 140 valence electrons. The lowest BCUT2D eigenvalue weighted by Gasteiger charge is -2.30. The Balaban J connectivity index is 2.32. The van der Waals surface area contributed by atoms with Crippen LogP contribution in [-0.4, -0.2) is 13.7 Å². The molecule has 0 spiro atoms. The maximum Gasteiger partial charge on any atom is 0.387 e. The summed E-state index contributed by atoms with van der Waals surface area (Å²) in [4.78, 5) is 0. The average molecular weight is 370 g/mol. The molecule has 0 radical (unpaired) electrons. The smallest absolute Gasteiger partial charge is 0.387 e. The highest BCUT2D eigenvalue weighted by molar-refractivity contribution is 5.59. The fraction of sp³-hybridized carbons (Fsp3) is 0.333. The maximum atomic E-state index is 12.4. The highest BCUT2D eigenvalue weighted by Crippen LogP contribution is 2.39. The number of halogens is 2. The Morgan fingerprint density at radius 2 is 1.85 bits per heavy atom. The number of benzene rings is 1. The van der Waals surface area contributed by atoms with Crippen LogP contribution in [0.15, 0.2) is 47.1 Å². The number of rotatable bonds is 5. The molecule has 2 rings (SSSR count). The lowest BCUT2D eigenvalue weighted by molar-refractivity contribution is -0.0512. The van der Waals surface area contributed by atoms with E-state index < -0.39 is 6.61 Å². The molecule has 4 nitrogen and oxygen atoms in total. The van der Waals surface area contributed by atoms with Gasteiger partial charge in [-0.3, -0.25) is 0 Å². The van der Waals surface area contributed by atoms with E-state index in [9.17, 15) is 8.78 Å². The van der Waals surface area contributed by atoms with E-state index in [4.69, 9.17) is 15.3 Å². The number of alkyl halides is 2. The molecular weight excluding hydrogens is 350 g/mol. The second kappa shape index (κ2) is 8.51. The van der Waals surface area contributed by atoms with E-state index in [0.717, 1.165) is 23.1 Å². The Labute approximate surface area is 157 Å². The zero-order valence-electron chi connectivity index (χ0n) is 15.4. The number of ether oxygens (including phenoxy) is 2. The van der Waals surface area contributed by atoms with Crippen LogP contribution >= 0.6 is 0 Å². The van der Waals surface area contributed by atoms with E-state index in [1.165, 1.54) is 13.2 Å². The number of nitriles is 2. The molecule has 27 heavy (non-hydrogen) atoms. The first-order valence-electron chi connectivity index (χ1n) is 8.33. The molecular formula is C21H20F2N2O2. The Kier molecular flexibility index (Phi) is 6.36. The monoisotopic (exact) mass is 370 g/mol. The molecule has 6 heteroatoms. The topological polar surface area (TPSA) is 66.0 Å². The molecule has 0 heterocycles. The van der Waals surface area contributed by atoms with Gasteiger partial charge < -0.3 is 9.47 Å². The Bertz CT molecular complexity index is 868. The van der Waals surface area contributed by atoms with Crippen LogP contribution in [0.25, 0.3) is 6.08 Å². The van der Waals surface area contributed by atoms with Gasteiger partial charge in [0.15, 0.2) is 11.5 Å². The van der Waals surface area contributed by atoms with Gasteiger partial charge in [-0.25, -0.2) is 0 Å². The predicted molar refractivity (Wildman–Crippen MR) is 98.0 cm³/mol. The SMILES string of the molecule is COc1cc(/C=C/C2=CC(=C(C#N)C#N)CC(C)(C)C2)ccc1OC(F)F. The summed E-state index contributed by atoms with van der Waals surface area (Å²) in [5, 5.41) is 18.3. The minimum absolute atomic E-state index is 0.0273. The van der Waals surface area contributed by atoms with Crippen molar-refractivity contribution in [3.63, 3.8) is 0 Å². The first-order chi connectivity index (χ1) is 12.8. The van der Waals surface area contributed by atoms with Crippen molar-refractivity contribution in [2.24, 2.45) is 5.41 Å². The van der Waals surface area contributed by atoms with Crippen LogP contribution in [0.2, 0.25) is 0 Å². The van der Waals surface area contributed by atoms with Gasteiger partial charge in [-0.15, -0.1) is 0 Å².